The predicted octanol–water partition coefficient (Wildman–Crippen LogP) is 4.78. The van der Waals surface area contributed by atoms with Crippen LogP contribution in [0.4, 0.5) is 5.69 Å². The van der Waals surface area contributed by atoms with Gasteiger partial charge in [0.1, 0.15) is 5.75 Å². The molecule has 2 aromatic rings. The zero-order chi connectivity index (χ0) is 12.3. The molecule has 2 nitrogen and oxygen atoms in total. The molecule has 0 unspecified atom stereocenters. The van der Waals surface area contributed by atoms with Gasteiger partial charge in [-0.2, -0.15) is 0 Å². The summed E-state index contributed by atoms with van der Waals surface area (Å²) in [7, 11) is 1.66. The number of thiophene rings is 1. The number of benzene rings is 1. The molecule has 0 saturated carbocycles. The van der Waals surface area contributed by atoms with E-state index < -0.39 is 0 Å². The Hall–Kier alpha value is -0.710. The zero-order valence-electron chi connectivity index (χ0n) is 9.17. The van der Waals surface area contributed by atoms with Crippen LogP contribution in [-0.4, -0.2) is 7.11 Å². The van der Waals surface area contributed by atoms with Crippen LogP contribution in [0, 0.1) is 0 Å². The molecule has 1 aromatic heterocycles. The summed E-state index contributed by atoms with van der Waals surface area (Å²) in [5.41, 5.74) is 0.964. The number of halogens is 2. The van der Waals surface area contributed by atoms with Crippen molar-refractivity contribution in [2.75, 3.05) is 12.4 Å². The van der Waals surface area contributed by atoms with E-state index in [1.54, 1.807) is 18.4 Å². The number of hydrogen-bond donors (Lipinski definition) is 1. The van der Waals surface area contributed by atoms with E-state index in [0.717, 1.165) is 26.8 Å². The Morgan fingerprint density at radius 3 is 2.82 bits per heavy atom. The molecule has 1 N–H and O–H groups in total. The summed E-state index contributed by atoms with van der Waals surface area (Å²) < 4.78 is 7.11. The lowest BCUT2D eigenvalue weighted by Gasteiger charge is -2.10. The highest BCUT2D eigenvalue weighted by Gasteiger charge is 2.04. The number of hydrogen-bond acceptors (Lipinski definition) is 3. The summed E-state index contributed by atoms with van der Waals surface area (Å²) in [4.78, 5) is 1.19. The number of ether oxygens (including phenoxy) is 1. The summed E-state index contributed by atoms with van der Waals surface area (Å²) in [5.74, 6) is 0.829. The Morgan fingerprint density at radius 1 is 1.35 bits per heavy atom. The van der Waals surface area contributed by atoms with Crippen molar-refractivity contribution < 1.29 is 4.74 Å². The Labute approximate surface area is 118 Å². The maximum absolute atomic E-state index is 5.88. The van der Waals surface area contributed by atoms with E-state index >= 15 is 0 Å². The van der Waals surface area contributed by atoms with Crippen molar-refractivity contribution in [2.45, 2.75) is 6.54 Å². The van der Waals surface area contributed by atoms with Gasteiger partial charge in [-0.05, 0) is 30.3 Å². The van der Waals surface area contributed by atoms with E-state index in [1.165, 1.54) is 4.88 Å². The van der Waals surface area contributed by atoms with Crippen molar-refractivity contribution in [3.05, 3.63) is 44.0 Å². The van der Waals surface area contributed by atoms with Crippen LogP contribution in [0.15, 0.2) is 34.8 Å². The molecule has 1 aromatic carbocycles. The molecule has 2 rings (SSSR count). The fraction of sp³-hybridized carbons (Fsp3) is 0.167. The van der Waals surface area contributed by atoms with Gasteiger partial charge in [-0.15, -0.1) is 11.3 Å². The molecule has 0 atom stereocenters. The number of anilines is 1. The van der Waals surface area contributed by atoms with E-state index in [2.05, 4.69) is 21.2 Å². The highest BCUT2D eigenvalue weighted by molar-refractivity contribution is 9.10. The van der Waals surface area contributed by atoms with Gasteiger partial charge >= 0.3 is 0 Å². The average Bonchev–Trinajstić information content (AvgIpc) is 2.73. The molecule has 5 heteroatoms. The Bertz CT molecular complexity index is 515. The molecule has 17 heavy (non-hydrogen) atoms. The minimum absolute atomic E-state index is 0.740. The fourth-order valence-electron chi connectivity index (χ4n) is 1.45. The molecular weight excluding hydrogens is 322 g/mol. The lowest BCUT2D eigenvalue weighted by atomic mass is 10.3. The van der Waals surface area contributed by atoms with Crippen LogP contribution in [0.25, 0.3) is 0 Å². The van der Waals surface area contributed by atoms with Gasteiger partial charge in [-0.3, -0.25) is 0 Å². The minimum Gasteiger partial charge on any atom is -0.495 e. The Balaban J connectivity index is 2.10. The molecule has 0 amide bonds. The molecule has 0 aliphatic heterocycles. The molecule has 0 radical (unpaired) electrons. The zero-order valence-corrected chi connectivity index (χ0v) is 12.3. The highest BCUT2D eigenvalue weighted by Crippen LogP contribution is 2.29. The number of methoxy groups -OCH3 is 1. The van der Waals surface area contributed by atoms with Crippen molar-refractivity contribution in [3.8, 4) is 5.75 Å². The molecule has 0 bridgehead atoms. The second kappa shape index (κ2) is 5.76. The molecule has 0 aliphatic rings. The van der Waals surface area contributed by atoms with Crippen LogP contribution in [0.3, 0.4) is 0 Å². The number of nitrogens with one attached hydrogen (secondary N) is 1. The maximum Gasteiger partial charge on any atom is 0.142 e. The standard InChI is InChI=1S/C12H11BrClNOS/c1-16-11-4-2-8(13)6-10(11)15-7-9-3-5-12(14)17-9/h2-6,15H,7H2,1H3. The van der Waals surface area contributed by atoms with Crippen LogP contribution in [0.1, 0.15) is 4.88 Å². The number of rotatable bonds is 4. The normalized spacial score (nSPS) is 10.3. The molecular formula is C12H11BrClNOS. The molecule has 90 valence electrons. The Kier molecular flexibility index (Phi) is 4.31. The van der Waals surface area contributed by atoms with Crippen molar-refractivity contribution in [2.24, 2.45) is 0 Å². The lowest BCUT2D eigenvalue weighted by molar-refractivity contribution is 0.416. The largest absolute Gasteiger partial charge is 0.495 e. The first-order chi connectivity index (χ1) is 8.19. The van der Waals surface area contributed by atoms with E-state index in [-0.39, 0.29) is 0 Å². The summed E-state index contributed by atoms with van der Waals surface area (Å²) in [6.45, 7) is 0.740. The Morgan fingerprint density at radius 2 is 2.18 bits per heavy atom. The van der Waals surface area contributed by atoms with Gasteiger partial charge in [0.15, 0.2) is 0 Å². The van der Waals surface area contributed by atoms with Crippen LogP contribution < -0.4 is 10.1 Å². The summed E-state index contributed by atoms with van der Waals surface area (Å²) >= 11 is 10.9. The molecule has 0 spiro atoms. The second-order valence-electron chi connectivity index (χ2n) is 3.40. The van der Waals surface area contributed by atoms with Gasteiger partial charge in [0.25, 0.3) is 0 Å². The van der Waals surface area contributed by atoms with Crippen molar-refractivity contribution in [1.82, 2.24) is 0 Å². The third-order valence-electron chi connectivity index (χ3n) is 2.24. The van der Waals surface area contributed by atoms with Crippen molar-refractivity contribution in [3.63, 3.8) is 0 Å². The summed E-state index contributed by atoms with van der Waals surface area (Å²) in [6, 6.07) is 9.79. The first-order valence-electron chi connectivity index (χ1n) is 5.00. The van der Waals surface area contributed by atoms with Crippen molar-refractivity contribution >= 4 is 44.6 Å². The predicted molar refractivity (Wildman–Crippen MR) is 77.3 cm³/mol. The molecule has 0 aliphatic carbocycles. The second-order valence-corrected chi connectivity index (χ2v) is 6.12. The maximum atomic E-state index is 5.88. The van der Waals surface area contributed by atoms with E-state index in [0.29, 0.717) is 0 Å². The first-order valence-corrected chi connectivity index (χ1v) is 6.99. The molecule has 0 fully saturated rings. The lowest BCUT2D eigenvalue weighted by Crippen LogP contribution is -1.99. The smallest absolute Gasteiger partial charge is 0.142 e. The third kappa shape index (κ3) is 3.37. The van der Waals surface area contributed by atoms with E-state index in [4.69, 9.17) is 16.3 Å². The SMILES string of the molecule is COc1ccc(Br)cc1NCc1ccc(Cl)s1. The first kappa shape index (κ1) is 12.7. The fourth-order valence-corrected chi connectivity index (χ4v) is 2.84. The highest BCUT2D eigenvalue weighted by atomic mass is 79.9. The van der Waals surface area contributed by atoms with Crippen LogP contribution in [0.5, 0.6) is 5.75 Å². The topological polar surface area (TPSA) is 21.3 Å². The quantitative estimate of drug-likeness (QED) is 0.869. The molecule has 1 heterocycles. The van der Waals surface area contributed by atoms with Crippen LogP contribution in [0.2, 0.25) is 4.34 Å². The van der Waals surface area contributed by atoms with Gasteiger partial charge in [0, 0.05) is 15.9 Å². The van der Waals surface area contributed by atoms with Gasteiger partial charge in [-0.1, -0.05) is 27.5 Å². The van der Waals surface area contributed by atoms with Crippen molar-refractivity contribution in [1.29, 1.82) is 0 Å². The van der Waals surface area contributed by atoms with Gasteiger partial charge in [-0.25, -0.2) is 0 Å². The monoisotopic (exact) mass is 331 g/mol. The summed E-state index contributed by atoms with van der Waals surface area (Å²) in [5, 5.41) is 3.33. The van der Waals surface area contributed by atoms with Crippen LogP contribution in [-0.2, 0) is 6.54 Å². The van der Waals surface area contributed by atoms with Gasteiger partial charge in [0.05, 0.1) is 17.1 Å². The van der Waals surface area contributed by atoms with Gasteiger partial charge < -0.3 is 10.1 Å². The van der Waals surface area contributed by atoms with E-state index in [1.807, 2.05) is 30.3 Å². The molecule has 0 saturated heterocycles. The van der Waals surface area contributed by atoms with Crippen LogP contribution >= 0.6 is 38.9 Å². The summed E-state index contributed by atoms with van der Waals surface area (Å²) in [6.07, 6.45) is 0. The average molecular weight is 333 g/mol. The van der Waals surface area contributed by atoms with E-state index in [9.17, 15) is 0 Å². The minimum atomic E-state index is 0.740. The third-order valence-corrected chi connectivity index (χ3v) is 3.97. The van der Waals surface area contributed by atoms with Gasteiger partial charge in [0.2, 0.25) is 0 Å².